The molecule has 1 aliphatic heterocycles. The first-order chi connectivity index (χ1) is 6.92. The Kier molecular flexibility index (Phi) is 3.01. The lowest BCUT2D eigenvalue weighted by atomic mass is 10.3. The molecule has 2 rings (SSSR count). The second-order valence-corrected chi connectivity index (χ2v) is 3.31. The molecule has 3 nitrogen and oxygen atoms in total. The van der Waals surface area contributed by atoms with Gasteiger partial charge in [-0.05, 0) is 19.1 Å². The monoisotopic (exact) mass is 192 g/mol. The molecule has 0 aliphatic carbocycles. The molecule has 0 radical (unpaired) electrons. The molecule has 1 aromatic rings. The van der Waals surface area contributed by atoms with E-state index in [0.717, 1.165) is 19.6 Å². The Balaban J connectivity index is 2.10. The highest BCUT2D eigenvalue weighted by atomic mass is 16.5. The SMILES string of the molecule is CCOC1CCNN1c1ccccc1. The summed E-state index contributed by atoms with van der Waals surface area (Å²) in [6.07, 6.45) is 1.23. The van der Waals surface area contributed by atoms with Crippen LogP contribution in [0.25, 0.3) is 0 Å². The standard InChI is InChI=1S/C11H16N2O/c1-2-14-11-8-9-12-13(11)10-6-4-3-5-7-10/h3-7,11-12H,2,8-9H2,1H3. The minimum atomic E-state index is 0.183. The molecule has 0 amide bonds. The van der Waals surface area contributed by atoms with E-state index in [1.54, 1.807) is 0 Å². The van der Waals surface area contributed by atoms with Gasteiger partial charge in [-0.1, -0.05) is 18.2 Å². The van der Waals surface area contributed by atoms with Gasteiger partial charge in [-0.2, -0.15) is 0 Å². The second kappa shape index (κ2) is 4.44. The van der Waals surface area contributed by atoms with Crippen LogP contribution >= 0.6 is 0 Å². The molecule has 0 saturated carbocycles. The Morgan fingerprint density at radius 1 is 1.43 bits per heavy atom. The third kappa shape index (κ3) is 1.89. The fourth-order valence-electron chi connectivity index (χ4n) is 1.74. The van der Waals surface area contributed by atoms with Crippen LogP contribution in [-0.2, 0) is 4.74 Å². The molecule has 1 aliphatic rings. The van der Waals surface area contributed by atoms with Gasteiger partial charge in [0, 0.05) is 19.6 Å². The van der Waals surface area contributed by atoms with Crippen molar-refractivity contribution >= 4 is 5.69 Å². The molecule has 0 aromatic heterocycles. The third-order valence-corrected chi connectivity index (χ3v) is 2.35. The minimum absolute atomic E-state index is 0.183. The molecule has 3 heteroatoms. The van der Waals surface area contributed by atoms with Crippen molar-refractivity contribution in [2.75, 3.05) is 18.2 Å². The predicted octanol–water partition coefficient (Wildman–Crippen LogP) is 1.76. The number of nitrogens with one attached hydrogen (secondary N) is 1. The van der Waals surface area contributed by atoms with Gasteiger partial charge >= 0.3 is 0 Å². The van der Waals surface area contributed by atoms with E-state index in [1.807, 2.05) is 25.1 Å². The third-order valence-electron chi connectivity index (χ3n) is 2.35. The molecule has 76 valence electrons. The summed E-state index contributed by atoms with van der Waals surface area (Å²) in [5, 5.41) is 2.10. The number of hydrogen-bond acceptors (Lipinski definition) is 3. The van der Waals surface area contributed by atoms with E-state index in [0.29, 0.717) is 0 Å². The average Bonchev–Trinajstić information content (AvgIpc) is 2.68. The number of ether oxygens (including phenoxy) is 1. The maximum Gasteiger partial charge on any atom is 0.145 e. The first-order valence-electron chi connectivity index (χ1n) is 5.11. The van der Waals surface area contributed by atoms with Crippen LogP contribution in [-0.4, -0.2) is 19.4 Å². The summed E-state index contributed by atoms with van der Waals surface area (Å²) < 4.78 is 5.63. The molecule has 1 fully saturated rings. The summed E-state index contributed by atoms with van der Waals surface area (Å²) in [6.45, 7) is 3.77. The highest BCUT2D eigenvalue weighted by Gasteiger charge is 2.24. The van der Waals surface area contributed by atoms with Crippen LogP contribution in [0.15, 0.2) is 30.3 Å². The molecule has 1 heterocycles. The lowest BCUT2D eigenvalue weighted by Gasteiger charge is -2.25. The van der Waals surface area contributed by atoms with Crippen molar-refractivity contribution in [2.45, 2.75) is 19.6 Å². The van der Waals surface area contributed by atoms with Gasteiger partial charge in [-0.25, -0.2) is 5.43 Å². The maximum atomic E-state index is 5.63. The number of hydrazine groups is 1. The summed E-state index contributed by atoms with van der Waals surface area (Å²) in [4.78, 5) is 0. The van der Waals surface area contributed by atoms with E-state index in [1.165, 1.54) is 5.69 Å². The van der Waals surface area contributed by atoms with Gasteiger partial charge < -0.3 is 4.74 Å². The molecule has 1 aromatic carbocycles. The van der Waals surface area contributed by atoms with Crippen molar-refractivity contribution in [1.29, 1.82) is 0 Å². The van der Waals surface area contributed by atoms with Crippen molar-refractivity contribution in [3.63, 3.8) is 0 Å². The molecule has 1 unspecified atom stereocenters. The van der Waals surface area contributed by atoms with E-state index >= 15 is 0 Å². The van der Waals surface area contributed by atoms with Crippen molar-refractivity contribution in [1.82, 2.24) is 5.43 Å². The van der Waals surface area contributed by atoms with E-state index < -0.39 is 0 Å². The lowest BCUT2D eigenvalue weighted by Crippen LogP contribution is -2.38. The van der Waals surface area contributed by atoms with Crippen LogP contribution in [0.1, 0.15) is 13.3 Å². The van der Waals surface area contributed by atoms with Crippen LogP contribution in [0.4, 0.5) is 5.69 Å². The molecule has 1 atom stereocenters. The van der Waals surface area contributed by atoms with Gasteiger partial charge in [0.25, 0.3) is 0 Å². The number of nitrogens with zero attached hydrogens (tertiary/aromatic N) is 1. The van der Waals surface area contributed by atoms with E-state index in [9.17, 15) is 0 Å². The van der Waals surface area contributed by atoms with Crippen molar-refractivity contribution in [2.24, 2.45) is 0 Å². The van der Waals surface area contributed by atoms with Gasteiger partial charge in [0.05, 0.1) is 5.69 Å². The largest absolute Gasteiger partial charge is 0.357 e. The summed E-state index contributed by atoms with van der Waals surface area (Å²) in [7, 11) is 0. The highest BCUT2D eigenvalue weighted by molar-refractivity contribution is 5.45. The topological polar surface area (TPSA) is 24.5 Å². The van der Waals surface area contributed by atoms with Crippen molar-refractivity contribution in [3.8, 4) is 0 Å². The number of rotatable bonds is 3. The smallest absolute Gasteiger partial charge is 0.145 e. The minimum Gasteiger partial charge on any atom is -0.357 e. The Morgan fingerprint density at radius 3 is 2.93 bits per heavy atom. The number of anilines is 1. The van der Waals surface area contributed by atoms with Crippen LogP contribution < -0.4 is 10.4 Å². The molecule has 0 bridgehead atoms. The predicted molar refractivity (Wildman–Crippen MR) is 57.0 cm³/mol. The Labute approximate surface area is 84.6 Å². The highest BCUT2D eigenvalue weighted by Crippen LogP contribution is 2.20. The van der Waals surface area contributed by atoms with Crippen LogP contribution in [0.5, 0.6) is 0 Å². The van der Waals surface area contributed by atoms with Crippen LogP contribution in [0.2, 0.25) is 0 Å². The number of para-hydroxylation sites is 1. The molecule has 1 saturated heterocycles. The number of benzene rings is 1. The van der Waals surface area contributed by atoms with Crippen LogP contribution in [0, 0.1) is 0 Å². The summed E-state index contributed by atoms with van der Waals surface area (Å²) in [6, 6.07) is 10.3. The Hall–Kier alpha value is -1.06. The van der Waals surface area contributed by atoms with Crippen LogP contribution in [0.3, 0.4) is 0 Å². The van der Waals surface area contributed by atoms with Gasteiger partial charge in [-0.15, -0.1) is 0 Å². The molecule has 14 heavy (non-hydrogen) atoms. The molecule has 0 spiro atoms. The first kappa shape index (κ1) is 9.49. The maximum absolute atomic E-state index is 5.63. The Bertz CT molecular complexity index is 276. The molecule has 1 N–H and O–H groups in total. The quantitative estimate of drug-likeness (QED) is 0.789. The molecular weight excluding hydrogens is 176 g/mol. The fourth-order valence-corrected chi connectivity index (χ4v) is 1.74. The lowest BCUT2D eigenvalue weighted by molar-refractivity contribution is 0.0691. The summed E-state index contributed by atoms with van der Waals surface area (Å²) in [5.74, 6) is 0. The van der Waals surface area contributed by atoms with Gasteiger partial charge in [0.2, 0.25) is 0 Å². The number of hydrogen-bond donors (Lipinski definition) is 1. The normalized spacial score (nSPS) is 21.5. The van der Waals surface area contributed by atoms with E-state index in [-0.39, 0.29) is 6.23 Å². The van der Waals surface area contributed by atoms with Gasteiger partial charge in [0.1, 0.15) is 6.23 Å². The van der Waals surface area contributed by atoms with E-state index in [2.05, 4.69) is 22.6 Å². The second-order valence-electron chi connectivity index (χ2n) is 3.31. The zero-order valence-corrected chi connectivity index (χ0v) is 8.44. The first-order valence-corrected chi connectivity index (χ1v) is 5.11. The van der Waals surface area contributed by atoms with Crippen molar-refractivity contribution in [3.05, 3.63) is 30.3 Å². The fraction of sp³-hybridized carbons (Fsp3) is 0.455. The summed E-state index contributed by atoms with van der Waals surface area (Å²) in [5.41, 5.74) is 4.49. The average molecular weight is 192 g/mol. The zero-order valence-electron chi connectivity index (χ0n) is 8.44. The van der Waals surface area contributed by atoms with Gasteiger partial charge in [0.15, 0.2) is 0 Å². The summed E-state index contributed by atoms with van der Waals surface area (Å²) >= 11 is 0. The zero-order chi connectivity index (χ0) is 9.80. The van der Waals surface area contributed by atoms with E-state index in [4.69, 9.17) is 4.74 Å². The van der Waals surface area contributed by atoms with Gasteiger partial charge in [-0.3, -0.25) is 5.01 Å². The Morgan fingerprint density at radius 2 is 2.21 bits per heavy atom. The molecular formula is C11H16N2O. The van der Waals surface area contributed by atoms with Crippen molar-refractivity contribution < 1.29 is 4.74 Å².